The number of allylic oxidation sites excluding steroid dienone is 1. The minimum atomic E-state index is 0.0426. The Kier molecular flexibility index (Phi) is 6.22. The van der Waals surface area contributed by atoms with E-state index in [0.717, 1.165) is 43.4 Å². The minimum absolute atomic E-state index is 0.0426. The van der Waals surface area contributed by atoms with E-state index in [2.05, 4.69) is 43.0 Å². The number of fused-ring (bicyclic) bond motifs is 1. The molecular formula is C24H30N2O. The van der Waals surface area contributed by atoms with Crippen LogP contribution in [-0.2, 0) is 0 Å². The Morgan fingerprint density at radius 1 is 1.33 bits per heavy atom. The summed E-state index contributed by atoms with van der Waals surface area (Å²) >= 11 is 0. The Balaban J connectivity index is 1.71. The minimum Gasteiger partial charge on any atom is -0.302 e. The Hall–Kier alpha value is -2.26. The van der Waals surface area contributed by atoms with Gasteiger partial charge in [-0.15, -0.1) is 6.58 Å². The van der Waals surface area contributed by atoms with Crippen molar-refractivity contribution in [1.82, 2.24) is 9.88 Å². The zero-order valence-corrected chi connectivity index (χ0v) is 16.5. The van der Waals surface area contributed by atoms with Gasteiger partial charge >= 0.3 is 0 Å². The van der Waals surface area contributed by atoms with Crippen LogP contribution >= 0.6 is 0 Å². The van der Waals surface area contributed by atoms with Gasteiger partial charge in [0.15, 0.2) is 5.78 Å². The molecule has 0 radical (unpaired) electrons. The first-order valence-corrected chi connectivity index (χ1v) is 9.90. The Morgan fingerprint density at radius 3 is 2.85 bits per heavy atom. The second-order valence-corrected chi connectivity index (χ2v) is 8.11. The molecule has 2 heterocycles. The molecule has 3 heteroatoms. The molecule has 142 valence electrons. The third-order valence-electron chi connectivity index (χ3n) is 5.54. The molecule has 0 amide bonds. The predicted octanol–water partition coefficient (Wildman–Crippen LogP) is 5.14. The van der Waals surface area contributed by atoms with Crippen molar-refractivity contribution in [2.45, 2.75) is 26.7 Å². The van der Waals surface area contributed by atoms with Crippen molar-refractivity contribution < 1.29 is 4.79 Å². The molecule has 1 aliphatic rings. The van der Waals surface area contributed by atoms with E-state index in [1.807, 2.05) is 30.3 Å². The lowest BCUT2D eigenvalue weighted by Gasteiger charge is -2.38. The summed E-state index contributed by atoms with van der Waals surface area (Å²) in [6.07, 6.45) is 5.60. The van der Waals surface area contributed by atoms with Gasteiger partial charge in [-0.25, -0.2) is 0 Å². The number of nitrogens with zero attached hydrogens (tertiary/aromatic N) is 2. The number of Topliss-reactive ketones (excluding diaryl/α,β-unsaturated/α-hetero) is 1. The van der Waals surface area contributed by atoms with Crippen molar-refractivity contribution >= 4 is 16.7 Å². The van der Waals surface area contributed by atoms with Crippen molar-refractivity contribution in [2.75, 3.05) is 19.6 Å². The molecule has 1 aromatic carbocycles. The number of piperidine rings is 1. The van der Waals surface area contributed by atoms with E-state index in [1.165, 1.54) is 0 Å². The lowest BCUT2D eigenvalue weighted by molar-refractivity contribution is 0.101. The normalized spacial score (nSPS) is 20.7. The summed E-state index contributed by atoms with van der Waals surface area (Å²) in [4.78, 5) is 20.0. The highest BCUT2D eigenvalue weighted by Crippen LogP contribution is 2.31. The Morgan fingerprint density at radius 2 is 2.11 bits per heavy atom. The second kappa shape index (κ2) is 8.62. The summed E-state index contributed by atoms with van der Waals surface area (Å²) in [5.74, 6) is 1.57. The maximum atomic E-state index is 13.1. The lowest BCUT2D eigenvalue weighted by Crippen LogP contribution is -2.41. The first kappa shape index (κ1) is 19.5. The number of hydrogen-bond donors (Lipinski definition) is 0. The van der Waals surface area contributed by atoms with Crippen LogP contribution in [0.1, 0.15) is 37.0 Å². The Labute approximate surface area is 162 Å². The molecule has 0 saturated carbocycles. The number of benzene rings is 1. The van der Waals surface area contributed by atoms with Gasteiger partial charge < -0.3 is 4.90 Å². The molecule has 0 spiro atoms. The molecule has 0 bridgehead atoms. The fourth-order valence-electron chi connectivity index (χ4n) is 4.20. The number of pyridine rings is 1. The number of hydrogen-bond acceptors (Lipinski definition) is 3. The lowest BCUT2D eigenvalue weighted by atomic mass is 9.80. The molecule has 1 aliphatic heterocycles. The van der Waals surface area contributed by atoms with Gasteiger partial charge in [-0.1, -0.05) is 44.7 Å². The Bertz CT molecular complexity index is 834. The molecule has 27 heavy (non-hydrogen) atoms. The first-order chi connectivity index (χ1) is 13.0. The number of likely N-dealkylation sites (tertiary alicyclic amines) is 1. The van der Waals surface area contributed by atoms with E-state index in [-0.39, 0.29) is 5.78 Å². The summed E-state index contributed by atoms with van der Waals surface area (Å²) in [5.41, 5.74) is 2.25. The maximum absolute atomic E-state index is 13.1. The first-order valence-electron chi connectivity index (χ1n) is 9.90. The van der Waals surface area contributed by atoms with Gasteiger partial charge in [0.1, 0.15) is 0 Å². The summed E-state index contributed by atoms with van der Waals surface area (Å²) in [6.45, 7) is 16.0. The number of ketones is 1. The molecule has 3 rings (SSSR count). The fourth-order valence-corrected chi connectivity index (χ4v) is 4.20. The van der Waals surface area contributed by atoms with E-state index in [9.17, 15) is 4.79 Å². The third-order valence-corrected chi connectivity index (χ3v) is 5.54. The van der Waals surface area contributed by atoms with E-state index < -0.39 is 0 Å². The smallest absolute Gasteiger partial charge is 0.189 e. The average Bonchev–Trinajstić information content (AvgIpc) is 2.67. The van der Waals surface area contributed by atoms with Crippen molar-refractivity contribution in [3.05, 3.63) is 66.9 Å². The van der Waals surface area contributed by atoms with Gasteiger partial charge in [-0.3, -0.25) is 9.78 Å². The van der Waals surface area contributed by atoms with Gasteiger partial charge in [0.25, 0.3) is 0 Å². The van der Waals surface area contributed by atoms with Crippen LogP contribution in [0.4, 0.5) is 0 Å². The third kappa shape index (κ3) is 4.54. The van der Waals surface area contributed by atoms with Gasteiger partial charge in [-0.05, 0) is 54.8 Å². The molecule has 0 aliphatic carbocycles. The number of rotatable bonds is 7. The summed E-state index contributed by atoms with van der Waals surface area (Å²) in [6, 6.07) is 9.60. The molecule has 1 saturated heterocycles. The van der Waals surface area contributed by atoms with Crippen LogP contribution in [0.25, 0.3) is 10.9 Å². The molecule has 1 aromatic heterocycles. The number of para-hydroxylation sites is 1. The number of carbonyl (C=O) groups is 1. The van der Waals surface area contributed by atoms with Crippen molar-refractivity contribution in [3.8, 4) is 0 Å². The van der Waals surface area contributed by atoms with E-state index in [1.54, 1.807) is 6.20 Å². The molecule has 0 N–H and O–H groups in total. The average molecular weight is 363 g/mol. The molecule has 3 nitrogen and oxygen atoms in total. The van der Waals surface area contributed by atoms with Gasteiger partial charge in [-0.2, -0.15) is 0 Å². The summed E-state index contributed by atoms with van der Waals surface area (Å²) in [7, 11) is 0. The van der Waals surface area contributed by atoms with Gasteiger partial charge in [0, 0.05) is 30.2 Å². The van der Waals surface area contributed by atoms with Crippen LogP contribution in [0.2, 0.25) is 0 Å². The molecular weight excluding hydrogens is 332 g/mol. The highest BCUT2D eigenvalue weighted by atomic mass is 16.1. The fraction of sp³-hybridized carbons (Fsp3) is 0.417. The molecule has 2 aromatic rings. The highest BCUT2D eigenvalue weighted by Gasteiger charge is 2.29. The zero-order chi connectivity index (χ0) is 19.4. The molecule has 2 unspecified atom stereocenters. The SMILES string of the molecule is C=CC1CN(CC(C)C)CCC1CC(=C)C(=O)c1ccnc2ccccc12. The van der Waals surface area contributed by atoms with Crippen LogP contribution in [0.3, 0.4) is 0 Å². The van der Waals surface area contributed by atoms with Crippen LogP contribution in [-0.4, -0.2) is 35.3 Å². The van der Waals surface area contributed by atoms with Crippen LogP contribution < -0.4 is 0 Å². The van der Waals surface area contributed by atoms with Crippen molar-refractivity contribution in [2.24, 2.45) is 17.8 Å². The van der Waals surface area contributed by atoms with Gasteiger partial charge in [0.2, 0.25) is 0 Å². The second-order valence-electron chi connectivity index (χ2n) is 8.11. The number of carbonyl (C=O) groups excluding carboxylic acids is 1. The topological polar surface area (TPSA) is 33.2 Å². The summed E-state index contributed by atoms with van der Waals surface area (Å²) in [5, 5.41) is 0.901. The number of aromatic nitrogens is 1. The van der Waals surface area contributed by atoms with Crippen molar-refractivity contribution in [1.29, 1.82) is 0 Å². The van der Waals surface area contributed by atoms with Crippen LogP contribution in [0, 0.1) is 17.8 Å². The standard InChI is InChI=1S/C24H30N2O/c1-5-19-16-26(15-17(2)3)13-11-20(19)14-18(4)24(27)22-10-12-25-23-9-7-6-8-21(22)23/h5-10,12,17,19-20H,1,4,11,13-16H2,2-3H3. The van der Waals surface area contributed by atoms with E-state index in [0.29, 0.717) is 28.9 Å². The van der Waals surface area contributed by atoms with Crippen LogP contribution in [0.5, 0.6) is 0 Å². The highest BCUT2D eigenvalue weighted by molar-refractivity contribution is 6.15. The summed E-state index contributed by atoms with van der Waals surface area (Å²) < 4.78 is 0. The maximum Gasteiger partial charge on any atom is 0.189 e. The van der Waals surface area contributed by atoms with Crippen LogP contribution in [0.15, 0.2) is 61.3 Å². The largest absolute Gasteiger partial charge is 0.302 e. The molecule has 2 atom stereocenters. The zero-order valence-electron chi connectivity index (χ0n) is 16.5. The van der Waals surface area contributed by atoms with E-state index in [4.69, 9.17) is 0 Å². The predicted molar refractivity (Wildman–Crippen MR) is 113 cm³/mol. The van der Waals surface area contributed by atoms with Gasteiger partial charge in [0.05, 0.1) is 5.52 Å². The molecule has 1 fully saturated rings. The van der Waals surface area contributed by atoms with E-state index >= 15 is 0 Å². The monoisotopic (exact) mass is 362 g/mol. The quantitative estimate of drug-likeness (QED) is 0.388. The van der Waals surface area contributed by atoms with Crippen molar-refractivity contribution in [3.63, 3.8) is 0 Å².